The van der Waals surface area contributed by atoms with Crippen LogP contribution in [0.15, 0.2) is 63.7 Å². The molecule has 122 valence electrons. The van der Waals surface area contributed by atoms with Crippen LogP contribution in [0, 0.1) is 0 Å². The molecule has 1 aliphatic heterocycles. The lowest BCUT2D eigenvalue weighted by Gasteiger charge is -2.15. The standard InChI is InChI=1S/C17H12BrClN2O3/c18-11-6-4-10(5-7-11)9-21-16(23)14(19)15(17(21)24)20-12-2-1-3-13(22)8-12/h1-8,20,22H,9H2. The average molecular weight is 408 g/mol. The van der Waals surface area contributed by atoms with E-state index in [1.807, 2.05) is 24.3 Å². The van der Waals surface area contributed by atoms with Crippen molar-refractivity contribution in [3.63, 3.8) is 0 Å². The third-order valence-electron chi connectivity index (χ3n) is 3.48. The number of benzene rings is 2. The molecular weight excluding hydrogens is 396 g/mol. The van der Waals surface area contributed by atoms with Crippen molar-refractivity contribution in [1.82, 2.24) is 4.90 Å². The number of rotatable bonds is 4. The molecule has 1 aliphatic rings. The van der Waals surface area contributed by atoms with Crippen LogP contribution in [0.5, 0.6) is 5.75 Å². The topological polar surface area (TPSA) is 69.6 Å². The Morgan fingerprint density at radius 3 is 2.46 bits per heavy atom. The summed E-state index contributed by atoms with van der Waals surface area (Å²) in [5.74, 6) is -1.01. The van der Waals surface area contributed by atoms with E-state index in [1.54, 1.807) is 12.1 Å². The van der Waals surface area contributed by atoms with Gasteiger partial charge in [-0.25, -0.2) is 0 Å². The van der Waals surface area contributed by atoms with Gasteiger partial charge in [0.1, 0.15) is 16.5 Å². The second kappa shape index (κ2) is 6.67. The zero-order valence-electron chi connectivity index (χ0n) is 12.3. The first-order valence-corrected chi connectivity index (χ1v) is 8.19. The minimum absolute atomic E-state index is 0.00405. The van der Waals surface area contributed by atoms with Gasteiger partial charge in [0.15, 0.2) is 0 Å². The smallest absolute Gasteiger partial charge is 0.279 e. The molecule has 2 amide bonds. The maximum atomic E-state index is 12.5. The fraction of sp³-hybridized carbons (Fsp3) is 0.0588. The van der Waals surface area contributed by atoms with E-state index in [0.29, 0.717) is 5.69 Å². The van der Waals surface area contributed by atoms with Gasteiger partial charge in [-0.3, -0.25) is 14.5 Å². The molecule has 0 bridgehead atoms. The van der Waals surface area contributed by atoms with E-state index < -0.39 is 11.8 Å². The quantitative estimate of drug-likeness (QED) is 0.760. The number of phenolic OH excluding ortho intramolecular Hbond substituents is 1. The molecule has 5 nitrogen and oxygen atoms in total. The zero-order chi connectivity index (χ0) is 17.3. The van der Waals surface area contributed by atoms with Crippen LogP contribution in [-0.4, -0.2) is 21.8 Å². The van der Waals surface area contributed by atoms with Gasteiger partial charge >= 0.3 is 0 Å². The molecule has 2 N–H and O–H groups in total. The summed E-state index contributed by atoms with van der Waals surface area (Å²) < 4.78 is 0.910. The van der Waals surface area contributed by atoms with E-state index >= 15 is 0 Å². The highest BCUT2D eigenvalue weighted by Gasteiger charge is 2.37. The van der Waals surface area contributed by atoms with Crippen molar-refractivity contribution in [2.24, 2.45) is 0 Å². The van der Waals surface area contributed by atoms with Crippen molar-refractivity contribution in [3.8, 4) is 5.75 Å². The minimum atomic E-state index is -0.549. The van der Waals surface area contributed by atoms with E-state index in [-0.39, 0.29) is 23.0 Å². The monoisotopic (exact) mass is 406 g/mol. The van der Waals surface area contributed by atoms with Crippen LogP contribution < -0.4 is 5.32 Å². The van der Waals surface area contributed by atoms with Crippen molar-refractivity contribution < 1.29 is 14.7 Å². The molecule has 0 aliphatic carbocycles. The number of carbonyl (C=O) groups is 2. The van der Waals surface area contributed by atoms with Gasteiger partial charge in [0.25, 0.3) is 11.8 Å². The summed E-state index contributed by atoms with van der Waals surface area (Å²) in [5.41, 5.74) is 1.28. The molecule has 0 fully saturated rings. The van der Waals surface area contributed by atoms with Gasteiger partial charge in [-0.05, 0) is 29.8 Å². The Kier molecular flexibility index (Phi) is 4.59. The number of nitrogens with one attached hydrogen (secondary N) is 1. The lowest BCUT2D eigenvalue weighted by atomic mass is 10.2. The van der Waals surface area contributed by atoms with Crippen LogP contribution in [0.3, 0.4) is 0 Å². The third kappa shape index (κ3) is 3.29. The molecule has 0 atom stereocenters. The van der Waals surface area contributed by atoms with Gasteiger partial charge < -0.3 is 10.4 Å². The maximum Gasteiger partial charge on any atom is 0.279 e. The summed E-state index contributed by atoms with van der Waals surface area (Å²) in [6.07, 6.45) is 0. The Hall–Kier alpha value is -2.31. The summed E-state index contributed by atoms with van der Waals surface area (Å²) in [7, 11) is 0. The van der Waals surface area contributed by atoms with E-state index in [9.17, 15) is 14.7 Å². The van der Waals surface area contributed by atoms with Crippen molar-refractivity contribution >= 4 is 45.0 Å². The molecule has 0 saturated carbocycles. The highest BCUT2D eigenvalue weighted by molar-refractivity contribution is 9.10. The Morgan fingerprint density at radius 1 is 1.08 bits per heavy atom. The van der Waals surface area contributed by atoms with Crippen LogP contribution in [-0.2, 0) is 16.1 Å². The molecule has 2 aromatic rings. The highest BCUT2D eigenvalue weighted by Crippen LogP contribution is 2.28. The van der Waals surface area contributed by atoms with Gasteiger partial charge in [0, 0.05) is 16.2 Å². The van der Waals surface area contributed by atoms with E-state index in [2.05, 4.69) is 21.2 Å². The van der Waals surface area contributed by atoms with Crippen LogP contribution >= 0.6 is 27.5 Å². The van der Waals surface area contributed by atoms with Crippen molar-refractivity contribution in [3.05, 3.63) is 69.3 Å². The van der Waals surface area contributed by atoms with Crippen molar-refractivity contribution in [1.29, 1.82) is 0 Å². The van der Waals surface area contributed by atoms with Gasteiger partial charge in [0.05, 0.1) is 6.54 Å². The molecule has 7 heteroatoms. The number of phenols is 1. The Bertz CT molecular complexity index is 849. The predicted molar refractivity (Wildman–Crippen MR) is 94.3 cm³/mol. The van der Waals surface area contributed by atoms with Gasteiger partial charge in [-0.2, -0.15) is 0 Å². The molecule has 0 spiro atoms. The van der Waals surface area contributed by atoms with E-state index in [1.165, 1.54) is 12.1 Å². The largest absolute Gasteiger partial charge is 0.508 e. The summed E-state index contributed by atoms with van der Waals surface area (Å²) in [6, 6.07) is 13.5. The number of hydrogen-bond donors (Lipinski definition) is 2. The Labute approximate surface area is 151 Å². The second-order valence-electron chi connectivity index (χ2n) is 5.19. The maximum absolute atomic E-state index is 12.5. The normalized spacial score (nSPS) is 14.5. The van der Waals surface area contributed by atoms with Crippen molar-refractivity contribution in [2.75, 3.05) is 5.32 Å². The number of halogens is 2. The lowest BCUT2D eigenvalue weighted by Crippen LogP contribution is -2.31. The second-order valence-corrected chi connectivity index (χ2v) is 6.48. The fourth-order valence-electron chi connectivity index (χ4n) is 2.30. The number of carbonyl (C=O) groups excluding carboxylic acids is 2. The third-order valence-corrected chi connectivity index (χ3v) is 4.36. The number of aromatic hydroxyl groups is 1. The average Bonchev–Trinajstić information content (AvgIpc) is 2.75. The molecule has 0 radical (unpaired) electrons. The van der Waals surface area contributed by atoms with Gasteiger partial charge in [-0.15, -0.1) is 0 Å². The van der Waals surface area contributed by atoms with E-state index in [0.717, 1.165) is 14.9 Å². The number of amides is 2. The first kappa shape index (κ1) is 16.5. The molecule has 2 aromatic carbocycles. The first-order chi connectivity index (χ1) is 11.5. The highest BCUT2D eigenvalue weighted by atomic mass is 79.9. The number of nitrogens with zero attached hydrogens (tertiary/aromatic N) is 1. The van der Waals surface area contributed by atoms with E-state index in [4.69, 9.17) is 11.6 Å². The minimum Gasteiger partial charge on any atom is -0.508 e. The first-order valence-electron chi connectivity index (χ1n) is 7.02. The lowest BCUT2D eigenvalue weighted by molar-refractivity contribution is -0.138. The summed E-state index contributed by atoms with van der Waals surface area (Å²) in [4.78, 5) is 25.9. The Morgan fingerprint density at radius 2 is 1.79 bits per heavy atom. The number of hydrogen-bond acceptors (Lipinski definition) is 4. The molecule has 0 unspecified atom stereocenters. The summed E-state index contributed by atoms with van der Waals surface area (Å²) in [6.45, 7) is 0.131. The van der Waals surface area contributed by atoms with Crippen LogP contribution in [0.1, 0.15) is 5.56 Å². The zero-order valence-corrected chi connectivity index (χ0v) is 14.6. The summed E-state index contributed by atoms with van der Waals surface area (Å²) >= 11 is 9.37. The van der Waals surface area contributed by atoms with Crippen LogP contribution in [0.2, 0.25) is 0 Å². The molecule has 24 heavy (non-hydrogen) atoms. The van der Waals surface area contributed by atoms with Crippen LogP contribution in [0.25, 0.3) is 0 Å². The fourth-order valence-corrected chi connectivity index (χ4v) is 2.79. The van der Waals surface area contributed by atoms with Gasteiger partial charge in [0.2, 0.25) is 0 Å². The summed E-state index contributed by atoms with van der Waals surface area (Å²) in [5, 5.41) is 12.1. The number of anilines is 1. The number of imide groups is 1. The molecule has 0 aromatic heterocycles. The molecule has 0 saturated heterocycles. The molecular formula is C17H12BrClN2O3. The van der Waals surface area contributed by atoms with Gasteiger partial charge in [-0.1, -0.05) is 45.7 Å². The molecule has 1 heterocycles. The van der Waals surface area contributed by atoms with Crippen LogP contribution in [0.4, 0.5) is 5.69 Å². The van der Waals surface area contributed by atoms with Crippen molar-refractivity contribution in [2.45, 2.75) is 6.54 Å². The predicted octanol–water partition coefficient (Wildman–Crippen LogP) is 3.59. The molecule has 3 rings (SSSR count). The Balaban J connectivity index is 1.80. The SMILES string of the molecule is O=C1C(Cl)=C(Nc2cccc(O)c2)C(=O)N1Cc1ccc(Br)cc1.